The number of allylic oxidation sites excluding steroid dienone is 1. The zero-order chi connectivity index (χ0) is 22.4. The van der Waals surface area contributed by atoms with E-state index in [2.05, 4.69) is 22.3 Å². The number of methoxy groups -OCH3 is 1. The summed E-state index contributed by atoms with van der Waals surface area (Å²) >= 11 is 1.55. The maximum atomic E-state index is 13.1. The lowest BCUT2D eigenvalue weighted by molar-refractivity contribution is -0.139. The number of ether oxygens (including phenoxy) is 3. The second-order valence-electron chi connectivity index (χ2n) is 6.99. The molecule has 1 aromatic carbocycles. The van der Waals surface area contributed by atoms with Crippen molar-refractivity contribution in [2.45, 2.75) is 51.7 Å². The minimum absolute atomic E-state index is 0.358. The minimum atomic E-state index is -0.491. The Labute approximate surface area is 187 Å². The molecular weight excluding hydrogens is 416 g/mol. The van der Waals surface area contributed by atoms with Gasteiger partial charge in [-0.2, -0.15) is 4.98 Å². The number of unbranched alkanes of at least 4 members (excludes halogenated alkanes) is 1. The van der Waals surface area contributed by atoms with Crippen LogP contribution in [-0.2, 0) is 9.53 Å². The molecule has 0 fully saturated rings. The molecule has 1 atom stereocenters. The monoisotopic (exact) mass is 446 g/mol. The Morgan fingerprint density at radius 2 is 2.06 bits per heavy atom. The molecule has 0 saturated heterocycles. The fourth-order valence-electron chi connectivity index (χ4n) is 3.41. The lowest BCUT2D eigenvalue weighted by Gasteiger charge is -2.28. The zero-order valence-electron chi connectivity index (χ0n) is 18.7. The molecule has 2 aromatic rings. The van der Waals surface area contributed by atoms with Crippen molar-refractivity contribution in [2.24, 2.45) is 0 Å². The molecule has 0 spiro atoms. The molecule has 31 heavy (non-hydrogen) atoms. The van der Waals surface area contributed by atoms with E-state index in [9.17, 15) is 4.79 Å². The molecule has 2 heterocycles. The van der Waals surface area contributed by atoms with Crippen LogP contribution in [0.3, 0.4) is 0 Å². The van der Waals surface area contributed by atoms with Crippen LogP contribution in [0.4, 0.5) is 5.95 Å². The van der Waals surface area contributed by atoms with Crippen LogP contribution >= 0.6 is 11.8 Å². The number of benzene rings is 1. The average Bonchev–Trinajstić information content (AvgIpc) is 3.15. The Bertz CT molecular complexity index is 957. The fourth-order valence-corrected chi connectivity index (χ4v) is 3.97. The first-order chi connectivity index (χ1) is 15.0. The van der Waals surface area contributed by atoms with Crippen molar-refractivity contribution in [3.63, 3.8) is 0 Å². The number of nitrogens with one attached hydrogen (secondary N) is 1. The number of fused-ring (bicyclic) bond motifs is 1. The number of nitrogens with zero attached hydrogens (tertiary/aromatic N) is 3. The van der Waals surface area contributed by atoms with Crippen molar-refractivity contribution in [1.29, 1.82) is 0 Å². The number of carbonyl (C=O) groups is 1. The predicted molar refractivity (Wildman–Crippen MR) is 121 cm³/mol. The molecule has 0 amide bonds. The summed E-state index contributed by atoms with van der Waals surface area (Å²) in [5, 5.41) is 8.55. The van der Waals surface area contributed by atoms with Gasteiger partial charge in [0, 0.05) is 5.70 Å². The molecule has 0 bridgehead atoms. The predicted octanol–water partition coefficient (Wildman–Crippen LogP) is 4.43. The Morgan fingerprint density at radius 3 is 2.74 bits per heavy atom. The van der Waals surface area contributed by atoms with Crippen LogP contribution in [0.1, 0.15) is 52.1 Å². The molecule has 1 aliphatic heterocycles. The summed E-state index contributed by atoms with van der Waals surface area (Å²) in [6.07, 6.45) is 1.77. The second kappa shape index (κ2) is 10.6. The Balaban J connectivity index is 2.09. The summed E-state index contributed by atoms with van der Waals surface area (Å²) < 4.78 is 18.5. The maximum absolute atomic E-state index is 13.1. The van der Waals surface area contributed by atoms with Gasteiger partial charge >= 0.3 is 5.97 Å². The first-order valence-electron chi connectivity index (χ1n) is 10.6. The van der Waals surface area contributed by atoms with Gasteiger partial charge in [0.15, 0.2) is 11.5 Å². The van der Waals surface area contributed by atoms with Crippen molar-refractivity contribution < 1.29 is 19.0 Å². The van der Waals surface area contributed by atoms with E-state index in [-0.39, 0.29) is 5.97 Å². The van der Waals surface area contributed by atoms with E-state index in [1.165, 1.54) is 0 Å². The number of carbonyl (C=O) groups excluding carboxylic acids is 1. The third-order valence-electron chi connectivity index (χ3n) is 4.86. The fraction of sp³-hybridized carbons (Fsp3) is 0.500. The van der Waals surface area contributed by atoms with Crippen LogP contribution in [-0.4, -0.2) is 46.8 Å². The second-order valence-corrected chi connectivity index (χ2v) is 8.23. The summed E-state index contributed by atoms with van der Waals surface area (Å²) in [7, 11) is 1.60. The van der Waals surface area contributed by atoms with Crippen LogP contribution in [0.25, 0.3) is 0 Å². The van der Waals surface area contributed by atoms with Gasteiger partial charge in [-0.25, -0.2) is 9.48 Å². The molecule has 1 aliphatic rings. The molecule has 9 heteroatoms. The van der Waals surface area contributed by atoms with Crippen molar-refractivity contribution in [3.8, 4) is 11.5 Å². The van der Waals surface area contributed by atoms with Gasteiger partial charge in [0.25, 0.3) is 0 Å². The lowest BCUT2D eigenvalue weighted by atomic mass is 9.95. The van der Waals surface area contributed by atoms with Gasteiger partial charge in [-0.05, 0) is 43.7 Å². The Hall–Kier alpha value is -2.68. The van der Waals surface area contributed by atoms with E-state index in [0.717, 1.165) is 24.2 Å². The first-order valence-corrected chi connectivity index (χ1v) is 11.6. The normalized spacial score (nSPS) is 15.3. The highest BCUT2D eigenvalue weighted by atomic mass is 32.2. The molecule has 1 N–H and O–H groups in total. The van der Waals surface area contributed by atoms with Gasteiger partial charge in [-0.3, -0.25) is 0 Å². The third kappa shape index (κ3) is 4.98. The summed E-state index contributed by atoms with van der Waals surface area (Å²) in [6.45, 7) is 8.77. The topological polar surface area (TPSA) is 87.5 Å². The van der Waals surface area contributed by atoms with Gasteiger partial charge < -0.3 is 19.5 Å². The van der Waals surface area contributed by atoms with Gasteiger partial charge in [-0.1, -0.05) is 38.1 Å². The van der Waals surface area contributed by atoms with Crippen LogP contribution < -0.4 is 14.8 Å². The van der Waals surface area contributed by atoms with E-state index in [1.54, 1.807) is 23.6 Å². The Morgan fingerprint density at radius 1 is 1.26 bits per heavy atom. The number of esters is 1. The van der Waals surface area contributed by atoms with E-state index in [4.69, 9.17) is 14.2 Å². The molecule has 1 aromatic heterocycles. The summed E-state index contributed by atoms with van der Waals surface area (Å²) in [5.74, 6) is 2.33. The average molecular weight is 447 g/mol. The molecule has 0 saturated carbocycles. The maximum Gasteiger partial charge on any atom is 0.338 e. The number of thioether (sulfide) groups is 1. The summed E-state index contributed by atoms with van der Waals surface area (Å²) in [4.78, 5) is 17.7. The molecule has 168 valence electrons. The number of anilines is 1. The van der Waals surface area contributed by atoms with E-state index in [1.807, 2.05) is 39.0 Å². The minimum Gasteiger partial charge on any atom is -0.493 e. The van der Waals surface area contributed by atoms with Gasteiger partial charge in [0.2, 0.25) is 11.1 Å². The highest BCUT2D eigenvalue weighted by molar-refractivity contribution is 7.99. The van der Waals surface area contributed by atoms with Crippen molar-refractivity contribution in [2.75, 3.05) is 31.4 Å². The van der Waals surface area contributed by atoms with Gasteiger partial charge in [0.05, 0.1) is 25.9 Å². The molecule has 0 radical (unpaired) electrons. The summed E-state index contributed by atoms with van der Waals surface area (Å²) in [6, 6.07) is 5.16. The van der Waals surface area contributed by atoms with Gasteiger partial charge in [0.1, 0.15) is 6.04 Å². The van der Waals surface area contributed by atoms with Crippen LogP contribution in [0.2, 0.25) is 0 Å². The van der Waals surface area contributed by atoms with Gasteiger partial charge in [-0.15, -0.1) is 5.10 Å². The molecule has 1 unspecified atom stereocenters. The van der Waals surface area contributed by atoms with Crippen molar-refractivity contribution in [3.05, 3.63) is 35.0 Å². The highest BCUT2D eigenvalue weighted by Gasteiger charge is 2.35. The molecule has 0 aliphatic carbocycles. The standard InChI is InChI=1S/C22H30N4O4S/c1-6-9-12-30-20(27)18-14(4)23-21-24-22(31-8-3)25-26(21)19(18)15-10-11-16(28-5)17(13-15)29-7-2/h10-11,13,19H,6-9,12H2,1-5H3,(H,23,24,25). The van der Waals surface area contributed by atoms with Crippen molar-refractivity contribution >= 4 is 23.7 Å². The largest absolute Gasteiger partial charge is 0.493 e. The lowest BCUT2D eigenvalue weighted by Crippen LogP contribution is -2.30. The number of hydrogen-bond acceptors (Lipinski definition) is 8. The number of aromatic nitrogens is 3. The highest BCUT2D eigenvalue weighted by Crippen LogP contribution is 2.39. The third-order valence-corrected chi connectivity index (χ3v) is 5.58. The Kier molecular flexibility index (Phi) is 7.84. The van der Waals surface area contributed by atoms with Crippen LogP contribution in [0.15, 0.2) is 34.6 Å². The number of rotatable bonds is 10. The molecular formula is C22H30N4O4S. The molecule has 8 nitrogen and oxygen atoms in total. The SMILES string of the molecule is CCCCOC(=O)C1=C(C)Nc2nc(SCC)nn2C1c1ccc(OC)c(OCC)c1. The number of hydrogen-bond donors (Lipinski definition) is 1. The quantitative estimate of drug-likeness (QED) is 0.326. The van der Waals surface area contributed by atoms with Crippen LogP contribution in [0, 0.1) is 0 Å². The summed E-state index contributed by atoms with van der Waals surface area (Å²) in [5.41, 5.74) is 2.05. The van der Waals surface area contributed by atoms with Crippen LogP contribution in [0.5, 0.6) is 11.5 Å². The zero-order valence-corrected chi connectivity index (χ0v) is 19.5. The van der Waals surface area contributed by atoms with E-state index >= 15 is 0 Å². The van der Waals surface area contributed by atoms with Crippen molar-refractivity contribution in [1.82, 2.24) is 14.8 Å². The van der Waals surface area contributed by atoms with E-state index < -0.39 is 6.04 Å². The van der Waals surface area contributed by atoms with E-state index in [0.29, 0.717) is 47.1 Å². The smallest absolute Gasteiger partial charge is 0.338 e. The molecule has 3 rings (SSSR count). The first kappa shape index (κ1) is 23.0.